The van der Waals surface area contributed by atoms with Crippen LogP contribution in [-0.4, -0.2) is 9.97 Å². The number of nitrogens with zero attached hydrogens (tertiary/aromatic N) is 1. The lowest BCUT2D eigenvalue weighted by Crippen LogP contribution is -2.11. The monoisotopic (exact) mass is 208 g/mol. The van der Waals surface area contributed by atoms with Crippen LogP contribution in [0.1, 0.15) is 19.7 Å². The third-order valence-corrected chi connectivity index (χ3v) is 2.87. The predicted molar refractivity (Wildman–Crippen MR) is 58.8 cm³/mol. The van der Waals surface area contributed by atoms with Gasteiger partial charge in [0.1, 0.15) is 10.5 Å². The summed E-state index contributed by atoms with van der Waals surface area (Å²) in [5, 5.41) is 1.89. The Morgan fingerprint density at radius 1 is 1.57 bits per heavy atom. The minimum atomic E-state index is -0.0133. The molecule has 2 aromatic heterocycles. The number of nitrogens with one attached hydrogen (secondary N) is 1. The van der Waals surface area contributed by atoms with E-state index in [9.17, 15) is 4.79 Å². The topological polar surface area (TPSA) is 45.8 Å². The zero-order valence-corrected chi connectivity index (χ0v) is 9.02. The molecule has 3 nitrogen and oxygen atoms in total. The number of rotatable bonds is 2. The fourth-order valence-electron chi connectivity index (χ4n) is 1.40. The van der Waals surface area contributed by atoms with Crippen LogP contribution in [0.4, 0.5) is 0 Å². The van der Waals surface area contributed by atoms with Crippen LogP contribution in [0.5, 0.6) is 0 Å². The minimum Gasteiger partial charge on any atom is -0.309 e. The lowest BCUT2D eigenvalue weighted by Gasteiger charge is -2.03. The highest BCUT2D eigenvalue weighted by Crippen LogP contribution is 2.14. The van der Waals surface area contributed by atoms with E-state index in [1.54, 1.807) is 0 Å². The van der Waals surface area contributed by atoms with Crippen molar-refractivity contribution in [2.75, 3.05) is 0 Å². The number of hydrogen-bond donors (Lipinski definition) is 1. The first-order valence-corrected chi connectivity index (χ1v) is 5.51. The van der Waals surface area contributed by atoms with E-state index in [1.165, 1.54) is 11.3 Å². The van der Waals surface area contributed by atoms with Gasteiger partial charge in [0.05, 0.1) is 5.52 Å². The van der Waals surface area contributed by atoms with E-state index in [4.69, 9.17) is 0 Å². The van der Waals surface area contributed by atoms with Crippen molar-refractivity contribution in [3.05, 3.63) is 27.6 Å². The summed E-state index contributed by atoms with van der Waals surface area (Å²) in [5.74, 6) is 1.30. The summed E-state index contributed by atoms with van der Waals surface area (Å²) in [6.07, 6.45) is 0.820. The second-order valence-corrected chi connectivity index (χ2v) is 4.66. The molecule has 0 spiro atoms. The Bertz CT molecular complexity index is 498. The molecule has 0 aliphatic heterocycles. The smallest absolute Gasteiger partial charge is 0.268 e. The fraction of sp³-hybridized carbons (Fsp3) is 0.400. The largest absolute Gasteiger partial charge is 0.309 e. The molecule has 14 heavy (non-hydrogen) atoms. The SMILES string of the molecule is CC(C)Cc1nc2ccsc2c(=O)[nH]1. The summed E-state index contributed by atoms with van der Waals surface area (Å²) in [4.78, 5) is 18.8. The second-order valence-electron chi connectivity index (χ2n) is 3.75. The van der Waals surface area contributed by atoms with Crippen molar-refractivity contribution in [1.82, 2.24) is 9.97 Å². The molecule has 2 rings (SSSR count). The Morgan fingerprint density at radius 2 is 2.36 bits per heavy atom. The number of hydrogen-bond acceptors (Lipinski definition) is 3. The molecule has 4 heteroatoms. The first-order valence-electron chi connectivity index (χ1n) is 4.63. The summed E-state index contributed by atoms with van der Waals surface area (Å²) in [6, 6.07) is 1.89. The molecule has 2 heterocycles. The molecule has 0 saturated carbocycles. The molecular formula is C10H12N2OS. The van der Waals surface area contributed by atoms with Gasteiger partial charge in [0, 0.05) is 6.42 Å². The molecule has 0 amide bonds. The lowest BCUT2D eigenvalue weighted by atomic mass is 10.1. The molecule has 0 saturated heterocycles. The predicted octanol–water partition coefficient (Wildman–Crippen LogP) is 2.18. The molecule has 0 fully saturated rings. The van der Waals surface area contributed by atoms with Crippen molar-refractivity contribution >= 4 is 21.6 Å². The van der Waals surface area contributed by atoms with E-state index in [2.05, 4.69) is 23.8 Å². The zero-order valence-electron chi connectivity index (χ0n) is 8.20. The maximum Gasteiger partial charge on any atom is 0.268 e. The number of aromatic nitrogens is 2. The molecule has 0 aliphatic rings. The summed E-state index contributed by atoms with van der Waals surface area (Å²) in [7, 11) is 0. The molecule has 0 aromatic carbocycles. The molecule has 0 atom stereocenters. The van der Waals surface area contributed by atoms with Gasteiger partial charge in [0.2, 0.25) is 0 Å². The van der Waals surface area contributed by atoms with Crippen LogP contribution in [0.15, 0.2) is 16.2 Å². The standard InChI is InChI=1S/C10H12N2OS/c1-6(2)5-8-11-7-3-4-14-9(7)10(13)12-8/h3-4,6H,5H2,1-2H3,(H,11,12,13). The molecule has 0 aliphatic carbocycles. The average molecular weight is 208 g/mol. The normalized spacial score (nSPS) is 11.4. The molecule has 0 radical (unpaired) electrons. The Kier molecular flexibility index (Phi) is 2.37. The molecule has 0 bridgehead atoms. The maximum absolute atomic E-state index is 11.6. The quantitative estimate of drug-likeness (QED) is 0.822. The van der Waals surface area contributed by atoms with Gasteiger partial charge in [0.15, 0.2) is 0 Å². The van der Waals surface area contributed by atoms with E-state index >= 15 is 0 Å². The zero-order chi connectivity index (χ0) is 10.1. The highest BCUT2D eigenvalue weighted by molar-refractivity contribution is 7.17. The average Bonchev–Trinajstić information content (AvgIpc) is 2.50. The lowest BCUT2D eigenvalue weighted by molar-refractivity contribution is 0.621. The van der Waals surface area contributed by atoms with Crippen molar-refractivity contribution in [2.24, 2.45) is 5.92 Å². The van der Waals surface area contributed by atoms with Crippen LogP contribution in [0.2, 0.25) is 0 Å². The van der Waals surface area contributed by atoms with Crippen LogP contribution < -0.4 is 5.56 Å². The molecular weight excluding hydrogens is 196 g/mol. The first-order chi connectivity index (χ1) is 6.66. The van der Waals surface area contributed by atoms with Gasteiger partial charge in [-0.25, -0.2) is 4.98 Å². The van der Waals surface area contributed by atoms with E-state index in [0.29, 0.717) is 5.92 Å². The van der Waals surface area contributed by atoms with Crippen LogP contribution in [0, 0.1) is 5.92 Å². The van der Waals surface area contributed by atoms with Crippen LogP contribution in [0.25, 0.3) is 10.2 Å². The number of fused-ring (bicyclic) bond motifs is 1. The van der Waals surface area contributed by atoms with Gasteiger partial charge < -0.3 is 4.98 Å². The number of aromatic amines is 1. The van der Waals surface area contributed by atoms with Gasteiger partial charge in [-0.15, -0.1) is 11.3 Å². The first kappa shape index (κ1) is 9.40. The Morgan fingerprint density at radius 3 is 3.07 bits per heavy atom. The second kappa shape index (κ2) is 3.53. The Labute approximate surface area is 85.8 Å². The van der Waals surface area contributed by atoms with Gasteiger partial charge >= 0.3 is 0 Å². The van der Waals surface area contributed by atoms with Gasteiger partial charge in [-0.1, -0.05) is 13.8 Å². The van der Waals surface area contributed by atoms with Crippen LogP contribution in [0.3, 0.4) is 0 Å². The van der Waals surface area contributed by atoms with E-state index < -0.39 is 0 Å². The van der Waals surface area contributed by atoms with Crippen molar-refractivity contribution < 1.29 is 0 Å². The Hall–Kier alpha value is -1.16. The van der Waals surface area contributed by atoms with Crippen molar-refractivity contribution in [3.63, 3.8) is 0 Å². The molecule has 74 valence electrons. The van der Waals surface area contributed by atoms with Crippen molar-refractivity contribution in [2.45, 2.75) is 20.3 Å². The van der Waals surface area contributed by atoms with Gasteiger partial charge in [-0.05, 0) is 17.4 Å². The van der Waals surface area contributed by atoms with E-state index in [0.717, 1.165) is 22.5 Å². The maximum atomic E-state index is 11.6. The van der Waals surface area contributed by atoms with Crippen LogP contribution in [-0.2, 0) is 6.42 Å². The minimum absolute atomic E-state index is 0.0133. The highest BCUT2D eigenvalue weighted by atomic mass is 32.1. The number of thiophene rings is 1. The summed E-state index contributed by atoms with van der Waals surface area (Å²) < 4.78 is 0.720. The summed E-state index contributed by atoms with van der Waals surface area (Å²) in [6.45, 7) is 4.22. The highest BCUT2D eigenvalue weighted by Gasteiger charge is 2.05. The van der Waals surface area contributed by atoms with Crippen molar-refractivity contribution in [1.29, 1.82) is 0 Å². The van der Waals surface area contributed by atoms with Gasteiger partial charge in [-0.2, -0.15) is 0 Å². The van der Waals surface area contributed by atoms with E-state index in [-0.39, 0.29) is 5.56 Å². The Balaban J connectivity index is 2.53. The van der Waals surface area contributed by atoms with Gasteiger partial charge in [0.25, 0.3) is 5.56 Å². The summed E-state index contributed by atoms with van der Waals surface area (Å²) in [5.41, 5.74) is 0.801. The fourth-order valence-corrected chi connectivity index (χ4v) is 2.13. The van der Waals surface area contributed by atoms with Crippen LogP contribution >= 0.6 is 11.3 Å². The number of H-pyrrole nitrogens is 1. The molecule has 2 aromatic rings. The third kappa shape index (κ3) is 1.70. The van der Waals surface area contributed by atoms with Crippen molar-refractivity contribution in [3.8, 4) is 0 Å². The van der Waals surface area contributed by atoms with Gasteiger partial charge in [-0.3, -0.25) is 4.79 Å². The summed E-state index contributed by atoms with van der Waals surface area (Å²) >= 11 is 1.44. The molecule has 0 unspecified atom stereocenters. The van der Waals surface area contributed by atoms with E-state index in [1.807, 2.05) is 11.4 Å². The third-order valence-electron chi connectivity index (χ3n) is 1.97. The molecule has 1 N–H and O–H groups in total.